The Kier molecular flexibility index (Phi) is 18.0. The molecule has 1 aromatic rings. The minimum absolute atomic E-state index is 0.0989. The van der Waals surface area contributed by atoms with Crippen molar-refractivity contribution in [3.05, 3.63) is 34.8 Å². The highest BCUT2D eigenvalue weighted by atomic mass is 16.5. The van der Waals surface area contributed by atoms with Crippen LogP contribution in [0.15, 0.2) is 18.5 Å². The normalized spacial score (nSPS) is 15.1. The van der Waals surface area contributed by atoms with Gasteiger partial charge in [-0.1, -0.05) is 61.3 Å². The maximum Gasteiger partial charge on any atom is 0.252 e. The summed E-state index contributed by atoms with van der Waals surface area (Å²) in [6, 6.07) is -1.96. The minimum atomic E-state index is -0.903. The Morgan fingerprint density at radius 2 is 1.49 bits per heavy atom. The van der Waals surface area contributed by atoms with Gasteiger partial charge in [-0.3, -0.25) is 24.0 Å². The van der Waals surface area contributed by atoms with Gasteiger partial charge < -0.3 is 37.1 Å². The van der Waals surface area contributed by atoms with E-state index < -0.39 is 36.0 Å². The van der Waals surface area contributed by atoms with Crippen molar-refractivity contribution < 1.29 is 28.7 Å². The molecule has 1 heterocycles. The van der Waals surface area contributed by atoms with E-state index in [-0.39, 0.29) is 47.1 Å². The number of hydrogen-bond acceptors (Lipinski definition) is 7. The Balaban J connectivity index is 3.01. The Morgan fingerprint density at radius 1 is 0.830 bits per heavy atom. The van der Waals surface area contributed by atoms with Crippen molar-refractivity contribution in [3.63, 3.8) is 0 Å². The first-order valence-electron chi connectivity index (χ1n) is 17.0. The fraction of sp³-hybridized carbons (Fsp3) is 0.706. The maximum atomic E-state index is 13.6. The molecule has 6 N–H and O–H groups in total. The Labute approximate surface area is 280 Å². The molecule has 5 amide bonds. The quantitative estimate of drug-likeness (QED) is 0.0910. The zero-order valence-corrected chi connectivity index (χ0v) is 30.0. The Bertz CT molecular complexity index is 1190. The van der Waals surface area contributed by atoms with Gasteiger partial charge in [0.15, 0.2) is 12.4 Å². The van der Waals surface area contributed by atoms with Crippen LogP contribution in [0.5, 0.6) is 0 Å². The standard InChI is InChI=1S/C34H59N7O6/c1-11-14-27(38-34(46)29(22(8)12-2)40-31(43)26-15-16-41(47)19-23(26)9)32(44)37-25(17-20(4)5)18-36-24(10)30(42)39-28(21(6)7)33(45)35-13-3/h15-16,19-22,24-25,27-29,36H,11-14,17-18H2,1-10H3,(H,35,45)(H,37,44)(H,38,46)(H,39,42)(H,40,43)/t22-,24-,25-,27-,28-,29-/m0/s1. The van der Waals surface area contributed by atoms with Crippen LogP contribution in [0, 0.1) is 29.9 Å². The third kappa shape index (κ3) is 13.9. The molecule has 6 atom stereocenters. The number of pyridine rings is 1. The van der Waals surface area contributed by atoms with Crippen molar-refractivity contribution in [1.82, 2.24) is 31.9 Å². The van der Waals surface area contributed by atoms with E-state index in [4.69, 9.17) is 0 Å². The van der Waals surface area contributed by atoms with Gasteiger partial charge in [-0.2, -0.15) is 4.73 Å². The highest BCUT2D eigenvalue weighted by Gasteiger charge is 2.32. The van der Waals surface area contributed by atoms with Crippen molar-refractivity contribution in [2.75, 3.05) is 13.1 Å². The lowest BCUT2D eigenvalue weighted by atomic mass is 9.96. The van der Waals surface area contributed by atoms with E-state index in [1.54, 1.807) is 13.8 Å². The predicted octanol–water partition coefficient (Wildman–Crippen LogP) is 1.84. The molecule has 13 heteroatoms. The third-order valence-corrected chi connectivity index (χ3v) is 8.13. The molecule has 0 saturated heterocycles. The van der Waals surface area contributed by atoms with Crippen molar-refractivity contribution >= 4 is 29.5 Å². The lowest BCUT2D eigenvalue weighted by molar-refractivity contribution is -0.605. The van der Waals surface area contributed by atoms with Crippen LogP contribution in [0.25, 0.3) is 0 Å². The minimum Gasteiger partial charge on any atom is -0.619 e. The molecule has 47 heavy (non-hydrogen) atoms. The molecule has 0 aliphatic carbocycles. The summed E-state index contributed by atoms with van der Waals surface area (Å²) in [5, 5.41) is 29.1. The van der Waals surface area contributed by atoms with Crippen LogP contribution in [0.1, 0.15) is 104 Å². The molecule has 0 spiro atoms. The molecule has 0 unspecified atom stereocenters. The van der Waals surface area contributed by atoms with Crippen LogP contribution in [-0.2, 0) is 19.2 Å². The number of nitrogens with zero attached hydrogens (tertiary/aromatic N) is 1. The van der Waals surface area contributed by atoms with Crippen LogP contribution in [0.3, 0.4) is 0 Å². The second-order valence-electron chi connectivity index (χ2n) is 13.2. The van der Waals surface area contributed by atoms with E-state index in [1.807, 2.05) is 55.4 Å². The van der Waals surface area contributed by atoms with Crippen molar-refractivity contribution in [3.8, 4) is 0 Å². The molecular formula is C34H59N7O6. The van der Waals surface area contributed by atoms with Crippen molar-refractivity contribution in [1.29, 1.82) is 0 Å². The van der Waals surface area contributed by atoms with Gasteiger partial charge in [0, 0.05) is 30.8 Å². The largest absolute Gasteiger partial charge is 0.619 e. The summed E-state index contributed by atoms with van der Waals surface area (Å²) in [6.45, 7) is 19.4. The molecule has 0 fully saturated rings. The maximum absolute atomic E-state index is 13.6. The second-order valence-corrected chi connectivity index (χ2v) is 13.2. The summed E-state index contributed by atoms with van der Waals surface area (Å²) in [5.74, 6) is -1.96. The van der Waals surface area contributed by atoms with E-state index in [1.165, 1.54) is 18.5 Å². The van der Waals surface area contributed by atoms with Gasteiger partial charge in [0.25, 0.3) is 5.91 Å². The molecule has 1 rings (SSSR count). The molecule has 0 aromatic carbocycles. The number of likely N-dealkylation sites (N-methyl/N-ethyl adjacent to an activating group) is 1. The molecule has 0 aliphatic rings. The SMILES string of the molecule is CCC[C@H](NC(=O)[C@@H](NC(=O)c1cc[n+]([O-])cc1C)[C@@H](C)CC)C(=O)N[C@H](CN[C@@H](C)C(=O)N[C@H](C(=O)NCC)C(C)C)CC(C)C. The highest BCUT2D eigenvalue weighted by molar-refractivity contribution is 5.99. The molecular weight excluding hydrogens is 602 g/mol. The number of aryl methyl sites for hydroxylation is 1. The van der Waals surface area contributed by atoms with E-state index >= 15 is 0 Å². The molecule has 0 bridgehead atoms. The monoisotopic (exact) mass is 661 g/mol. The number of amides is 5. The fourth-order valence-corrected chi connectivity index (χ4v) is 5.15. The van der Waals surface area contributed by atoms with Crippen molar-refractivity contribution in [2.24, 2.45) is 17.8 Å². The lowest BCUT2D eigenvalue weighted by Crippen LogP contribution is -2.58. The van der Waals surface area contributed by atoms with Crippen LogP contribution in [-0.4, -0.2) is 72.8 Å². The first kappa shape index (κ1) is 41.3. The van der Waals surface area contributed by atoms with E-state index in [2.05, 4.69) is 31.9 Å². The summed E-state index contributed by atoms with van der Waals surface area (Å²) >= 11 is 0. The van der Waals surface area contributed by atoms with Crippen molar-refractivity contribution in [2.45, 2.75) is 125 Å². The second kappa shape index (κ2) is 20.5. The molecule has 0 saturated carbocycles. The first-order valence-corrected chi connectivity index (χ1v) is 17.0. The van der Waals surface area contributed by atoms with Gasteiger partial charge in [0.05, 0.1) is 11.6 Å². The number of carbonyl (C=O) groups excluding carboxylic acids is 5. The number of hydrogen-bond donors (Lipinski definition) is 6. The van der Waals surface area contributed by atoms with Crippen LogP contribution in [0.4, 0.5) is 0 Å². The molecule has 266 valence electrons. The molecule has 13 nitrogen and oxygen atoms in total. The average Bonchev–Trinajstić information content (AvgIpc) is 2.99. The highest BCUT2D eigenvalue weighted by Crippen LogP contribution is 2.13. The van der Waals surface area contributed by atoms with Gasteiger partial charge in [0.2, 0.25) is 23.6 Å². The Morgan fingerprint density at radius 3 is 2.02 bits per heavy atom. The number of nitrogens with one attached hydrogen (secondary N) is 6. The summed E-state index contributed by atoms with van der Waals surface area (Å²) in [6.07, 6.45) is 4.76. The fourth-order valence-electron chi connectivity index (χ4n) is 5.15. The lowest BCUT2D eigenvalue weighted by Gasteiger charge is -2.29. The van der Waals surface area contributed by atoms with Crippen LogP contribution in [0.2, 0.25) is 0 Å². The van der Waals surface area contributed by atoms with Crippen LogP contribution < -0.4 is 36.6 Å². The Hall–Kier alpha value is -3.74. The van der Waals surface area contributed by atoms with E-state index in [0.29, 0.717) is 49.1 Å². The van der Waals surface area contributed by atoms with Crippen LogP contribution >= 0.6 is 0 Å². The topological polar surface area (TPSA) is 184 Å². The van der Waals surface area contributed by atoms with E-state index in [0.717, 1.165) is 0 Å². The first-order chi connectivity index (χ1) is 22.1. The summed E-state index contributed by atoms with van der Waals surface area (Å²) in [4.78, 5) is 65.6. The molecule has 0 radical (unpaired) electrons. The number of aromatic nitrogens is 1. The average molecular weight is 662 g/mol. The summed E-state index contributed by atoms with van der Waals surface area (Å²) in [7, 11) is 0. The summed E-state index contributed by atoms with van der Waals surface area (Å²) in [5.41, 5.74) is 0.766. The molecule has 0 aliphatic heterocycles. The zero-order valence-electron chi connectivity index (χ0n) is 30.0. The smallest absolute Gasteiger partial charge is 0.252 e. The van der Waals surface area contributed by atoms with E-state index in [9.17, 15) is 29.2 Å². The van der Waals surface area contributed by atoms with Gasteiger partial charge in [-0.15, -0.1) is 0 Å². The third-order valence-electron chi connectivity index (χ3n) is 8.13. The molecule has 1 aromatic heterocycles. The summed E-state index contributed by atoms with van der Waals surface area (Å²) < 4.78 is 0.604. The van der Waals surface area contributed by atoms with Gasteiger partial charge in [0.1, 0.15) is 18.1 Å². The predicted molar refractivity (Wildman–Crippen MR) is 182 cm³/mol. The number of carbonyl (C=O) groups is 5. The van der Waals surface area contributed by atoms with Gasteiger partial charge in [-0.25, -0.2) is 0 Å². The number of rotatable bonds is 20. The van der Waals surface area contributed by atoms with Gasteiger partial charge in [-0.05, 0) is 51.4 Å². The zero-order chi connectivity index (χ0) is 35.8. The van der Waals surface area contributed by atoms with Gasteiger partial charge >= 0.3 is 0 Å².